The van der Waals surface area contributed by atoms with E-state index in [-0.39, 0.29) is 17.4 Å². The number of hydrogen-bond acceptors (Lipinski definition) is 4. The number of carbonyl (C=O) groups is 1. The second kappa shape index (κ2) is 7.41. The topological polar surface area (TPSA) is 70.8 Å². The molecule has 0 spiro atoms. The highest BCUT2D eigenvalue weighted by molar-refractivity contribution is 7.88. The number of sulfonamides is 1. The van der Waals surface area contributed by atoms with Gasteiger partial charge in [0.1, 0.15) is 0 Å². The van der Waals surface area contributed by atoms with Crippen LogP contribution in [0.3, 0.4) is 0 Å². The predicted molar refractivity (Wildman–Crippen MR) is 94.6 cm³/mol. The SMILES string of the molecule is Cc1ccccc1CS(=O)(=O)N1CCCN(C(=O)c2ccco2)CC1. The largest absolute Gasteiger partial charge is 0.459 e. The summed E-state index contributed by atoms with van der Waals surface area (Å²) in [7, 11) is -3.41. The molecule has 1 aliphatic heterocycles. The van der Waals surface area contributed by atoms with E-state index < -0.39 is 10.0 Å². The third-order valence-electron chi connectivity index (χ3n) is 4.47. The minimum Gasteiger partial charge on any atom is -0.459 e. The summed E-state index contributed by atoms with van der Waals surface area (Å²) in [5.41, 5.74) is 1.78. The van der Waals surface area contributed by atoms with Crippen molar-refractivity contribution < 1.29 is 17.6 Å². The Kier molecular flexibility index (Phi) is 5.24. The van der Waals surface area contributed by atoms with Gasteiger partial charge in [-0.1, -0.05) is 24.3 Å². The highest BCUT2D eigenvalue weighted by Gasteiger charge is 2.28. The minimum atomic E-state index is -3.41. The number of carbonyl (C=O) groups excluding carboxylic acids is 1. The summed E-state index contributed by atoms with van der Waals surface area (Å²) < 4.78 is 32.2. The van der Waals surface area contributed by atoms with Crippen LogP contribution >= 0.6 is 0 Å². The van der Waals surface area contributed by atoms with E-state index in [0.29, 0.717) is 32.6 Å². The van der Waals surface area contributed by atoms with E-state index in [0.717, 1.165) is 11.1 Å². The molecule has 1 aliphatic rings. The number of amides is 1. The van der Waals surface area contributed by atoms with Crippen molar-refractivity contribution in [3.8, 4) is 0 Å². The van der Waals surface area contributed by atoms with Crippen molar-refractivity contribution in [1.29, 1.82) is 0 Å². The molecule has 3 rings (SSSR count). The van der Waals surface area contributed by atoms with Crippen LogP contribution in [0.15, 0.2) is 47.1 Å². The molecule has 0 atom stereocenters. The second-order valence-corrected chi connectivity index (χ2v) is 8.17. The molecular weight excluding hydrogens is 340 g/mol. The Morgan fingerprint density at radius 2 is 1.88 bits per heavy atom. The molecule has 1 aromatic carbocycles. The summed E-state index contributed by atoms with van der Waals surface area (Å²) >= 11 is 0. The van der Waals surface area contributed by atoms with Crippen LogP contribution in [0.1, 0.15) is 28.1 Å². The number of benzene rings is 1. The Bertz CT molecular complexity index is 831. The van der Waals surface area contributed by atoms with Crippen LogP contribution in [0, 0.1) is 6.92 Å². The summed E-state index contributed by atoms with van der Waals surface area (Å²) in [6, 6.07) is 10.8. The molecule has 1 fully saturated rings. The van der Waals surface area contributed by atoms with Gasteiger partial charge in [-0.3, -0.25) is 4.79 Å². The molecule has 1 aromatic heterocycles. The summed E-state index contributed by atoms with van der Waals surface area (Å²) in [4.78, 5) is 14.0. The number of aryl methyl sites for hydroxylation is 1. The molecule has 1 amide bonds. The maximum absolute atomic E-state index is 12.8. The average molecular weight is 362 g/mol. The average Bonchev–Trinajstić information content (AvgIpc) is 3.00. The molecule has 1 saturated heterocycles. The monoisotopic (exact) mass is 362 g/mol. The Hall–Kier alpha value is -2.12. The van der Waals surface area contributed by atoms with Crippen LogP contribution in [0.4, 0.5) is 0 Å². The van der Waals surface area contributed by atoms with Crippen LogP contribution in [0.25, 0.3) is 0 Å². The van der Waals surface area contributed by atoms with Gasteiger partial charge in [0.05, 0.1) is 12.0 Å². The van der Waals surface area contributed by atoms with Gasteiger partial charge >= 0.3 is 0 Å². The van der Waals surface area contributed by atoms with E-state index in [4.69, 9.17) is 4.42 Å². The predicted octanol–water partition coefficient (Wildman–Crippen LogP) is 2.27. The maximum atomic E-state index is 12.8. The highest BCUT2D eigenvalue weighted by atomic mass is 32.2. The summed E-state index contributed by atoms with van der Waals surface area (Å²) in [6.07, 6.45) is 2.07. The molecule has 7 heteroatoms. The number of nitrogens with zero attached hydrogens (tertiary/aromatic N) is 2. The number of hydrogen-bond donors (Lipinski definition) is 0. The van der Waals surface area contributed by atoms with Gasteiger partial charge in [-0.05, 0) is 36.6 Å². The van der Waals surface area contributed by atoms with Crippen LogP contribution in [-0.4, -0.2) is 49.7 Å². The third kappa shape index (κ3) is 4.11. The lowest BCUT2D eigenvalue weighted by Gasteiger charge is -2.21. The number of rotatable bonds is 4. The first kappa shape index (κ1) is 17.7. The van der Waals surface area contributed by atoms with Crippen molar-refractivity contribution >= 4 is 15.9 Å². The van der Waals surface area contributed by atoms with Crippen LogP contribution < -0.4 is 0 Å². The quantitative estimate of drug-likeness (QED) is 0.836. The Balaban J connectivity index is 1.68. The Morgan fingerprint density at radius 1 is 1.08 bits per heavy atom. The van der Waals surface area contributed by atoms with Gasteiger partial charge in [0.15, 0.2) is 5.76 Å². The first-order valence-electron chi connectivity index (χ1n) is 8.32. The first-order chi connectivity index (χ1) is 12.0. The van der Waals surface area contributed by atoms with Crippen molar-refractivity contribution in [2.24, 2.45) is 0 Å². The number of furan rings is 1. The van der Waals surface area contributed by atoms with Crippen LogP contribution in [0.2, 0.25) is 0 Å². The van der Waals surface area contributed by atoms with E-state index in [9.17, 15) is 13.2 Å². The fourth-order valence-electron chi connectivity index (χ4n) is 2.99. The molecule has 25 heavy (non-hydrogen) atoms. The zero-order chi connectivity index (χ0) is 17.9. The molecule has 2 aromatic rings. The van der Waals surface area contributed by atoms with Gasteiger partial charge in [-0.2, -0.15) is 4.31 Å². The lowest BCUT2D eigenvalue weighted by Crippen LogP contribution is -2.37. The van der Waals surface area contributed by atoms with Gasteiger partial charge in [0.25, 0.3) is 5.91 Å². The van der Waals surface area contributed by atoms with E-state index in [1.165, 1.54) is 10.6 Å². The fourth-order valence-corrected chi connectivity index (χ4v) is 4.66. The molecule has 0 aliphatic carbocycles. The van der Waals surface area contributed by atoms with Crippen molar-refractivity contribution in [2.45, 2.75) is 19.1 Å². The lowest BCUT2D eigenvalue weighted by molar-refractivity contribution is 0.0732. The minimum absolute atomic E-state index is 0.00813. The van der Waals surface area contributed by atoms with Crippen LogP contribution in [-0.2, 0) is 15.8 Å². The molecule has 0 unspecified atom stereocenters. The van der Waals surface area contributed by atoms with Crippen molar-refractivity contribution in [3.05, 3.63) is 59.5 Å². The Labute approximate surface area is 148 Å². The van der Waals surface area contributed by atoms with Crippen LogP contribution in [0.5, 0.6) is 0 Å². The van der Waals surface area contributed by atoms with E-state index in [1.807, 2.05) is 31.2 Å². The maximum Gasteiger partial charge on any atom is 0.289 e. The standard InChI is InChI=1S/C18H22N2O4S/c1-15-6-2-3-7-16(15)14-25(22,23)20-10-5-9-19(11-12-20)18(21)17-8-4-13-24-17/h2-4,6-8,13H,5,9-12,14H2,1H3. The first-order valence-corrected chi connectivity index (χ1v) is 9.93. The Morgan fingerprint density at radius 3 is 2.60 bits per heavy atom. The molecule has 134 valence electrons. The molecule has 6 nitrogen and oxygen atoms in total. The van der Waals surface area contributed by atoms with Gasteiger partial charge in [0, 0.05) is 26.2 Å². The zero-order valence-corrected chi connectivity index (χ0v) is 15.0. The van der Waals surface area contributed by atoms with Gasteiger partial charge in [-0.15, -0.1) is 0 Å². The fraction of sp³-hybridized carbons (Fsp3) is 0.389. The van der Waals surface area contributed by atoms with Crippen molar-refractivity contribution in [2.75, 3.05) is 26.2 Å². The van der Waals surface area contributed by atoms with Crippen molar-refractivity contribution in [3.63, 3.8) is 0 Å². The zero-order valence-electron chi connectivity index (χ0n) is 14.2. The summed E-state index contributed by atoms with van der Waals surface area (Å²) in [5, 5.41) is 0. The lowest BCUT2D eigenvalue weighted by atomic mass is 10.1. The highest BCUT2D eigenvalue weighted by Crippen LogP contribution is 2.17. The van der Waals surface area contributed by atoms with E-state index in [2.05, 4.69) is 0 Å². The summed E-state index contributed by atoms with van der Waals surface area (Å²) in [6.45, 7) is 3.54. The molecule has 0 saturated carbocycles. The normalized spacial score (nSPS) is 16.6. The van der Waals surface area contributed by atoms with E-state index >= 15 is 0 Å². The molecule has 0 bridgehead atoms. The molecular formula is C18H22N2O4S. The van der Waals surface area contributed by atoms with Crippen molar-refractivity contribution in [1.82, 2.24) is 9.21 Å². The molecule has 0 N–H and O–H groups in total. The molecule has 0 radical (unpaired) electrons. The van der Waals surface area contributed by atoms with Gasteiger partial charge in [-0.25, -0.2) is 8.42 Å². The van der Waals surface area contributed by atoms with Gasteiger partial charge in [0.2, 0.25) is 10.0 Å². The molecule has 2 heterocycles. The smallest absolute Gasteiger partial charge is 0.289 e. The summed E-state index contributed by atoms with van der Waals surface area (Å²) in [5.74, 6) is 0.0885. The third-order valence-corrected chi connectivity index (χ3v) is 6.29. The van der Waals surface area contributed by atoms with Gasteiger partial charge < -0.3 is 9.32 Å². The second-order valence-electron chi connectivity index (χ2n) is 6.20. The van der Waals surface area contributed by atoms with E-state index in [1.54, 1.807) is 17.0 Å².